The van der Waals surface area contributed by atoms with Gasteiger partial charge in [-0.15, -0.1) is 0 Å². The first-order chi connectivity index (χ1) is 10.3. The van der Waals surface area contributed by atoms with Gasteiger partial charge in [-0.1, -0.05) is 42.5 Å². The van der Waals surface area contributed by atoms with Gasteiger partial charge < -0.3 is 0 Å². The first-order valence-corrected chi connectivity index (χ1v) is 9.22. The lowest BCUT2D eigenvalue weighted by Gasteiger charge is -2.20. The molecule has 116 valence electrons. The summed E-state index contributed by atoms with van der Waals surface area (Å²) in [6.45, 7) is 5.14. The lowest BCUT2D eigenvalue weighted by atomic mass is 10.2. The van der Waals surface area contributed by atoms with Crippen LogP contribution in [0.4, 0.5) is 0 Å². The van der Waals surface area contributed by atoms with Crippen LogP contribution in [0.2, 0.25) is 0 Å². The number of sulfonamides is 2. The van der Waals surface area contributed by atoms with Crippen molar-refractivity contribution in [3.05, 3.63) is 72.9 Å². The van der Waals surface area contributed by atoms with E-state index in [0.29, 0.717) is 3.71 Å². The maximum absolute atomic E-state index is 12.6. The number of rotatable bonds is 5. The van der Waals surface area contributed by atoms with Gasteiger partial charge in [0, 0.05) is 6.20 Å². The molecule has 0 bridgehead atoms. The van der Waals surface area contributed by atoms with Crippen LogP contribution in [-0.2, 0) is 20.0 Å². The second-order valence-corrected chi connectivity index (χ2v) is 8.41. The van der Waals surface area contributed by atoms with Crippen molar-refractivity contribution >= 4 is 20.0 Å². The smallest absolute Gasteiger partial charge is 0.200 e. The van der Waals surface area contributed by atoms with E-state index in [0.717, 1.165) is 11.8 Å². The normalized spacial score (nSPS) is 11.9. The zero-order valence-electron chi connectivity index (χ0n) is 11.9. The van der Waals surface area contributed by atoms with Crippen molar-refractivity contribution in [3.8, 4) is 0 Å². The van der Waals surface area contributed by atoms with E-state index < -0.39 is 20.0 Å². The van der Waals surface area contributed by atoms with Crippen LogP contribution in [0, 0.1) is 6.92 Å². The predicted molar refractivity (Wildman–Crippen MR) is 84.0 cm³/mol. The van der Waals surface area contributed by atoms with Gasteiger partial charge in [0.2, 0.25) is 0 Å². The average Bonchev–Trinajstić information content (AvgIpc) is 2.48. The zero-order chi connectivity index (χ0) is 16.4. The van der Waals surface area contributed by atoms with Gasteiger partial charge in [-0.05, 0) is 31.2 Å². The van der Waals surface area contributed by atoms with E-state index in [1.807, 2.05) is 6.92 Å². The summed E-state index contributed by atoms with van der Waals surface area (Å²) in [5.74, 6) is 0. The van der Waals surface area contributed by atoms with Crippen LogP contribution in [0.1, 0.15) is 5.56 Å². The van der Waals surface area contributed by atoms with Gasteiger partial charge in [-0.3, -0.25) is 0 Å². The Balaban J connectivity index is 2.57. The molecule has 0 N–H and O–H groups in total. The van der Waals surface area contributed by atoms with Gasteiger partial charge in [-0.2, -0.15) is 3.71 Å². The van der Waals surface area contributed by atoms with Crippen LogP contribution < -0.4 is 0 Å². The Morgan fingerprint density at radius 1 is 0.818 bits per heavy atom. The van der Waals surface area contributed by atoms with Crippen LogP contribution in [0.5, 0.6) is 0 Å². The topological polar surface area (TPSA) is 71.5 Å². The van der Waals surface area contributed by atoms with Gasteiger partial charge in [0.05, 0.1) is 9.79 Å². The molecule has 0 saturated heterocycles. The van der Waals surface area contributed by atoms with Crippen LogP contribution >= 0.6 is 0 Å². The van der Waals surface area contributed by atoms with Crippen molar-refractivity contribution in [2.75, 3.05) is 0 Å². The molecule has 0 atom stereocenters. The van der Waals surface area contributed by atoms with Crippen molar-refractivity contribution in [1.82, 2.24) is 3.71 Å². The van der Waals surface area contributed by atoms with E-state index in [1.165, 1.54) is 36.4 Å². The van der Waals surface area contributed by atoms with E-state index >= 15 is 0 Å². The first-order valence-electron chi connectivity index (χ1n) is 6.34. The average molecular weight is 337 g/mol. The Hall–Kier alpha value is -2.12. The quantitative estimate of drug-likeness (QED) is 0.840. The minimum absolute atomic E-state index is 0.113. The molecule has 0 aliphatic rings. The molecule has 0 radical (unpaired) electrons. The van der Waals surface area contributed by atoms with Crippen molar-refractivity contribution in [1.29, 1.82) is 0 Å². The van der Waals surface area contributed by atoms with Crippen molar-refractivity contribution in [2.24, 2.45) is 0 Å². The number of hydrogen-bond acceptors (Lipinski definition) is 4. The number of hydrogen-bond donors (Lipinski definition) is 0. The summed E-state index contributed by atoms with van der Waals surface area (Å²) >= 11 is 0. The molecule has 0 saturated carbocycles. The summed E-state index contributed by atoms with van der Waals surface area (Å²) in [6, 6.07) is 13.3. The highest BCUT2D eigenvalue weighted by Gasteiger charge is 2.33. The Bertz CT molecular complexity index is 871. The summed E-state index contributed by atoms with van der Waals surface area (Å²) in [5.41, 5.74) is 0.870. The lowest BCUT2D eigenvalue weighted by Crippen LogP contribution is -2.32. The number of nitrogens with zero attached hydrogens (tertiary/aromatic N) is 1. The highest BCUT2D eigenvalue weighted by atomic mass is 32.3. The SMILES string of the molecule is C=CN(S(=O)(=O)c1ccccc1)S(=O)(=O)c1ccc(C)cc1. The molecule has 22 heavy (non-hydrogen) atoms. The lowest BCUT2D eigenvalue weighted by molar-refractivity contribution is 0.537. The fourth-order valence-corrected chi connectivity index (χ4v) is 5.17. The van der Waals surface area contributed by atoms with Gasteiger partial charge in [0.25, 0.3) is 20.0 Å². The molecule has 0 heterocycles. The first kappa shape index (κ1) is 16.3. The third-order valence-electron chi connectivity index (χ3n) is 2.98. The molecule has 0 amide bonds. The Labute approximate surface area is 130 Å². The van der Waals surface area contributed by atoms with Crippen molar-refractivity contribution in [3.63, 3.8) is 0 Å². The van der Waals surface area contributed by atoms with E-state index in [4.69, 9.17) is 0 Å². The van der Waals surface area contributed by atoms with E-state index in [2.05, 4.69) is 6.58 Å². The van der Waals surface area contributed by atoms with Crippen LogP contribution in [0.25, 0.3) is 0 Å². The van der Waals surface area contributed by atoms with E-state index in [-0.39, 0.29) is 9.79 Å². The third kappa shape index (κ3) is 2.90. The minimum Gasteiger partial charge on any atom is -0.200 e. The number of aryl methyl sites for hydroxylation is 1. The maximum atomic E-state index is 12.6. The second kappa shape index (κ2) is 5.94. The largest absolute Gasteiger partial charge is 0.277 e. The van der Waals surface area contributed by atoms with Gasteiger partial charge in [0.1, 0.15) is 0 Å². The Morgan fingerprint density at radius 2 is 1.27 bits per heavy atom. The second-order valence-electron chi connectivity index (χ2n) is 4.54. The molecule has 2 aromatic rings. The summed E-state index contributed by atoms with van der Waals surface area (Å²) in [7, 11) is -8.49. The Morgan fingerprint density at radius 3 is 1.73 bits per heavy atom. The highest BCUT2D eigenvalue weighted by molar-refractivity contribution is 8.04. The molecular formula is C15H15NO4S2. The third-order valence-corrected chi connectivity index (χ3v) is 7.14. The van der Waals surface area contributed by atoms with Crippen molar-refractivity contribution in [2.45, 2.75) is 16.7 Å². The summed E-state index contributed by atoms with van der Waals surface area (Å²) in [5, 5.41) is 0. The fraction of sp³-hybridized carbons (Fsp3) is 0.0667. The standard InChI is InChI=1S/C15H15NO4S2/c1-3-16(21(17,18)14-7-5-4-6-8-14)22(19,20)15-11-9-13(2)10-12-15/h3-12H,1H2,2H3. The molecule has 0 spiro atoms. The molecule has 0 aliphatic carbocycles. The van der Waals surface area contributed by atoms with Crippen molar-refractivity contribution < 1.29 is 16.8 Å². The van der Waals surface area contributed by atoms with E-state index in [9.17, 15) is 16.8 Å². The molecule has 7 heteroatoms. The predicted octanol–water partition coefficient (Wildman–Crippen LogP) is 2.52. The molecule has 5 nitrogen and oxygen atoms in total. The monoisotopic (exact) mass is 337 g/mol. The molecule has 2 rings (SSSR count). The Kier molecular flexibility index (Phi) is 4.39. The molecule has 0 fully saturated rings. The highest BCUT2D eigenvalue weighted by Crippen LogP contribution is 2.24. The minimum atomic E-state index is -4.25. The van der Waals surface area contributed by atoms with Gasteiger partial charge in [0.15, 0.2) is 0 Å². The van der Waals surface area contributed by atoms with Gasteiger partial charge >= 0.3 is 0 Å². The van der Waals surface area contributed by atoms with Gasteiger partial charge in [-0.25, -0.2) is 16.8 Å². The molecular weight excluding hydrogens is 322 g/mol. The van der Waals surface area contributed by atoms with Crippen LogP contribution in [0.15, 0.2) is 77.2 Å². The molecule has 2 aromatic carbocycles. The summed E-state index contributed by atoms with van der Waals surface area (Å²) < 4.78 is 50.5. The van der Waals surface area contributed by atoms with Crippen LogP contribution in [0.3, 0.4) is 0 Å². The number of benzene rings is 2. The maximum Gasteiger partial charge on any atom is 0.277 e. The summed E-state index contributed by atoms with van der Waals surface area (Å²) in [4.78, 5) is -0.233. The summed E-state index contributed by atoms with van der Waals surface area (Å²) in [6.07, 6.45) is 0.789. The fourth-order valence-electron chi connectivity index (χ4n) is 1.84. The molecule has 0 aromatic heterocycles. The van der Waals surface area contributed by atoms with Crippen LogP contribution in [-0.4, -0.2) is 20.5 Å². The molecule has 0 aliphatic heterocycles. The van der Waals surface area contributed by atoms with E-state index in [1.54, 1.807) is 18.2 Å². The zero-order valence-corrected chi connectivity index (χ0v) is 13.5. The molecule has 0 unspecified atom stereocenters.